The number of para-hydroxylation sites is 1. The lowest BCUT2D eigenvalue weighted by Gasteiger charge is -2.13. The van der Waals surface area contributed by atoms with Crippen LogP contribution in [0, 0.1) is 5.92 Å². The van der Waals surface area contributed by atoms with E-state index >= 15 is 0 Å². The molecule has 0 saturated carbocycles. The van der Waals surface area contributed by atoms with Crippen LogP contribution in [0.25, 0.3) is 15.9 Å². The Balaban J connectivity index is 1.88. The first-order valence-corrected chi connectivity index (χ1v) is 10.7. The number of hydrogen-bond donors (Lipinski definition) is 0. The van der Waals surface area contributed by atoms with Crippen LogP contribution in [-0.4, -0.2) is 15.3 Å². The van der Waals surface area contributed by atoms with Crippen LogP contribution >= 0.6 is 23.1 Å². The van der Waals surface area contributed by atoms with E-state index in [0.29, 0.717) is 5.92 Å². The highest BCUT2D eigenvalue weighted by Gasteiger charge is 2.23. The smallest absolute Gasteiger partial charge is 0.267 e. The third-order valence-corrected chi connectivity index (χ3v) is 6.81. The van der Waals surface area contributed by atoms with E-state index in [1.807, 2.05) is 34.9 Å². The van der Waals surface area contributed by atoms with Gasteiger partial charge in [0.15, 0.2) is 5.16 Å². The lowest BCUT2D eigenvalue weighted by Crippen LogP contribution is -2.22. The zero-order valence-electron chi connectivity index (χ0n) is 14.6. The highest BCUT2D eigenvalue weighted by atomic mass is 32.2. The van der Waals surface area contributed by atoms with E-state index in [1.54, 1.807) is 23.1 Å². The summed E-state index contributed by atoms with van der Waals surface area (Å²) in [4.78, 5) is 20.6. The van der Waals surface area contributed by atoms with E-state index < -0.39 is 0 Å². The molecule has 1 aromatic carbocycles. The first-order valence-electron chi connectivity index (χ1n) is 8.90. The second-order valence-corrected chi connectivity index (χ2v) is 9.08. The van der Waals surface area contributed by atoms with Crippen molar-refractivity contribution < 1.29 is 0 Å². The largest absolute Gasteiger partial charge is 0.268 e. The summed E-state index contributed by atoms with van der Waals surface area (Å²) >= 11 is 3.42. The van der Waals surface area contributed by atoms with Gasteiger partial charge in [0.25, 0.3) is 5.56 Å². The van der Waals surface area contributed by atoms with Crippen LogP contribution in [-0.2, 0) is 12.8 Å². The number of thioether (sulfide) groups is 1. The number of fused-ring (bicyclic) bond motifs is 3. The van der Waals surface area contributed by atoms with Crippen molar-refractivity contribution in [2.24, 2.45) is 5.92 Å². The number of hydrogen-bond acceptors (Lipinski definition) is 4. The van der Waals surface area contributed by atoms with Crippen LogP contribution < -0.4 is 5.56 Å². The molecule has 0 saturated heterocycles. The van der Waals surface area contributed by atoms with E-state index in [9.17, 15) is 4.79 Å². The Morgan fingerprint density at radius 1 is 1.24 bits per heavy atom. The minimum absolute atomic E-state index is 0.0997. The summed E-state index contributed by atoms with van der Waals surface area (Å²) in [5.74, 6) is 1.63. The molecule has 0 atom stereocenters. The van der Waals surface area contributed by atoms with Gasteiger partial charge >= 0.3 is 0 Å². The first kappa shape index (κ1) is 16.9. The molecule has 130 valence electrons. The third kappa shape index (κ3) is 3.15. The third-order valence-electron chi connectivity index (χ3n) is 4.65. The van der Waals surface area contributed by atoms with Gasteiger partial charge in [-0.1, -0.05) is 43.8 Å². The number of nitrogens with zero attached hydrogens (tertiary/aromatic N) is 2. The highest BCUT2D eigenvalue weighted by molar-refractivity contribution is 7.99. The lowest BCUT2D eigenvalue weighted by molar-refractivity contribution is 0.631. The second kappa shape index (κ2) is 6.96. The second-order valence-electron chi connectivity index (χ2n) is 6.94. The quantitative estimate of drug-likeness (QED) is 0.464. The molecule has 0 unspecified atom stereocenters. The Bertz CT molecular complexity index is 957. The number of thiophene rings is 1. The number of rotatable bonds is 5. The fourth-order valence-electron chi connectivity index (χ4n) is 3.31. The molecule has 2 heterocycles. The standard InChI is InChI=1S/C20H22N2OS2/c1-13(2)11-12-24-20-21-18-17(15-9-6-10-16(15)25-18)19(23)22(20)14-7-4-3-5-8-14/h3-5,7-8,13H,6,9-12H2,1-2H3. The van der Waals surface area contributed by atoms with Crippen LogP contribution in [0.15, 0.2) is 40.3 Å². The lowest BCUT2D eigenvalue weighted by atomic mass is 10.2. The van der Waals surface area contributed by atoms with Gasteiger partial charge in [0.05, 0.1) is 11.1 Å². The van der Waals surface area contributed by atoms with Crippen molar-refractivity contribution >= 4 is 33.3 Å². The first-order chi connectivity index (χ1) is 12.1. The number of aromatic nitrogens is 2. The molecule has 5 heteroatoms. The molecule has 0 bridgehead atoms. The van der Waals surface area contributed by atoms with Gasteiger partial charge < -0.3 is 0 Å². The van der Waals surface area contributed by atoms with E-state index in [4.69, 9.17) is 4.98 Å². The molecule has 3 nitrogen and oxygen atoms in total. The van der Waals surface area contributed by atoms with Gasteiger partial charge in [0, 0.05) is 10.6 Å². The molecule has 0 amide bonds. The summed E-state index contributed by atoms with van der Waals surface area (Å²) < 4.78 is 1.82. The maximum absolute atomic E-state index is 13.4. The van der Waals surface area contributed by atoms with Gasteiger partial charge in [-0.25, -0.2) is 4.98 Å². The average Bonchev–Trinajstić information content (AvgIpc) is 3.16. The Kier molecular flexibility index (Phi) is 4.69. The van der Waals surface area contributed by atoms with Crippen molar-refractivity contribution in [3.05, 3.63) is 51.1 Å². The molecule has 2 aromatic heterocycles. The Hall–Kier alpha value is -1.59. The molecule has 25 heavy (non-hydrogen) atoms. The summed E-state index contributed by atoms with van der Waals surface area (Å²) in [6, 6.07) is 9.93. The van der Waals surface area contributed by atoms with Gasteiger partial charge in [0.1, 0.15) is 4.83 Å². The van der Waals surface area contributed by atoms with Gasteiger partial charge in [-0.2, -0.15) is 0 Å². The van der Waals surface area contributed by atoms with Crippen molar-refractivity contribution in [1.29, 1.82) is 0 Å². The zero-order valence-corrected chi connectivity index (χ0v) is 16.3. The normalized spacial score (nSPS) is 13.7. The van der Waals surface area contributed by atoms with Crippen LogP contribution in [0.2, 0.25) is 0 Å². The van der Waals surface area contributed by atoms with Crippen molar-refractivity contribution in [2.75, 3.05) is 5.75 Å². The van der Waals surface area contributed by atoms with Crippen LogP contribution in [0.3, 0.4) is 0 Å². The Morgan fingerprint density at radius 2 is 2.04 bits per heavy atom. The summed E-state index contributed by atoms with van der Waals surface area (Å²) in [7, 11) is 0. The van der Waals surface area contributed by atoms with Crippen LogP contribution in [0.1, 0.15) is 37.1 Å². The summed E-state index contributed by atoms with van der Waals surface area (Å²) in [6.45, 7) is 4.45. The summed E-state index contributed by atoms with van der Waals surface area (Å²) in [5, 5.41) is 1.68. The molecular weight excluding hydrogens is 348 g/mol. The van der Waals surface area contributed by atoms with E-state index in [0.717, 1.165) is 52.5 Å². The molecule has 4 rings (SSSR count). The molecule has 1 aliphatic rings. The Morgan fingerprint density at radius 3 is 2.80 bits per heavy atom. The molecule has 0 radical (unpaired) electrons. The molecule has 0 aliphatic heterocycles. The van der Waals surface area contributed by atoms with Crippen molar-refractivity contribution in [2.45, 2.75) is 44.7 Å². The average molecular weight is 371 g/mol. The van der Waals surface area contributed by atoms with Gasteiger partial charge in [-0.15, -0.1) is 11.3 Å². The molecule has 0 spiro atoms. The topological polar surface area (TPSA) is 34.9 Å². The highest BCUT2D eigenvalue weighted by Crippen LogP contribution is 2.36. The van der Waals surface area contributed by atoms with Crippen LogP contribution in [0.4, 0.5) is 0 Å². The molecule has 1 aliphatic carbocycles. The van der Waals surface area contributed by atoms with Gasteiger partial charge in [0.2, 0.25) is 0 Å². The molecule has 0 fully saturated rings. The predicted octanol–water partition coefficient (Wildman–Crippen LogP) is 5.07. The van der Waals surface area contributed by atoms with Crippen molar-refractivity contribution in [3.8, 4) is 5.69 Å². The van der Waals surface area contributed by atoms with Gasteiger partial charge in [-0.05, 0) is 49.3 Å². The van der Waals surface area contributed by atoms with Crippen LogP contribution in [0.5, 0.6) is 0 Å². The number of benzene rings is 1. The minimum Gasteiger partial charge on any atom is -0.268 e. The Labute approximate surface area is 156 Å². The maximum atomic E-state index is 13.4. The van der Waals surface area contributed by atoms with E-state index in [2.05, 4.69) is 13.8 Å². The predicted molar refractivity (Wildman–Crippen MR) is 107 cm³/mol. The van der Waals surface area contributed by atoms with Gasteiger partial charge in [-0.3, -0.25) is 9.36 Å². The van der Waals surface area contributed by atoms with Crippen molar-refractivity contribution in [3.63, 3.8) is 0 Å². The number of aryl methyl sites for hydroxylation is 2. The molecular formula is C20H22N2OS2. The van der Waals surface area contributed by atoms with E-state index in [1.165, 1.54) is 10.4 Å². The van der Waals surface area contributed by atoms with Crippen molar-refractivity contribution in [1.82, 2.24) is 9.55 Å². The zero-order chi connectivity index (χ0) is 17.4. The maximum Gasteiger partial charge on any atom is 0.267 e. The minimum atomic E-state index is 0.0997. The summed E-state index contributed by atoms with van der Waals surface area (Å²) in [6.07, 6.45) is 4.39. The SMILES string of the molecule is CC(C)CCSc1nc2sc3c(c2c(=O)n1-c1ccccc1)CCC3. The molecule has 0 N–H and O–H groups in total. The monoisotopic (exact) mass is 370 g/mol. The fraction of sp³-hybridized carbons (Fsp3) is 0.400. The molecule has 3 aromatic rings. The van der Waals surface area contributed by atoms with E-state index in [-0.39, 0.29) is 5.56 Å². The fourth-order valence-corrected chi connectivity index (χ4v) is 5.87. The summed E-state index contributed by atoms with van der Waals surface area (Å²) in [5.41, 5.74) is 2.26.